The average Bonchev–Trinajstić information content (AvgIpc) is 3.54. The number of carbonyl (C=O) groups is 2. The number of likely N-dealkylation sites (tertiary alicyclic amines) is 1. The first kappa shape index (κ1) is 25.3. The fourth-order valence-electron chi connectivity index (χ4n) is 4.48. The maximum absolute atomic E-state index is 13.5. The Bertz CT molecular complexity index is 1410. The van der Waals surface area contributed by atoms with Crippen molar-refractivity contribution in [3.63, 3.8) is 0 Å². The molecule has 2 amide bonds. The molecule has 0 aliphatic carbocycles. The van der Waals surface area contributed by atoms with Crippen LogP contribution in [0.2, 0.25) is 5.02 Å². The molecule has 0 saturated carbocycles. The number of aryl methyl sites for hydroxylation is 1. The number of alkyl halides is 1. The highest BCUT2D eigenvalue weighted by Gasteiger charge is 2.34. The Morgan fingerprint density at radius 1 is 1.32 bits per heavy atom. The highest BCUT2D eigenvalue weighted by molar-refractivity contribution is 7.11. The first-order valence-electron chi connectivity index (χ1n) is 11.7. The van der Waals surface area contributed by atoms with Crippen LogP contribution in [0.25, 0.3) is 0 Å². The van der Waals surface area contributed by atoms with Crippen LogP contribution in [0.15, 0.2) is 36.4 Å². The maximum Gasteiger partial charge on any atom is 0.259 e. The summed E-state index contributed by atoms with van der Waals surface area (Å²) < 4.78 is 3.97. The third-order valence-corrected chi connectivity index (χ3v) is 7.93. The third-order valence-electron chi connectivity index (χ3n) is 6.42. The Labute approximate surface area is 227 Å². The Kier molecular flexibility index (Phi) is 6.98. The number of amidine groups is 1. The normalized spacial score (nSPS) is 16.7. The number of aromatic hydroxyl groups is 1. The lowest BCUT2D eigenvalue weighted by molar-refractivity contribution is -0.127. The van der Waals surface area contributed by atoms with Crippen molar-refractivity contribution in [1.82, 2.24) is 14.6 Å². The molecule has 1 atom stereocenters. The molecule has 192 valence electrons. The van der Waals surface area contributed by atoms with E-state index in [0.717, 1.165) is 34.8 Å². The number of nitrogens with one attached hydrogen (secondary N) is 3. The van der Waals surface area contributed by atoms with Crippen LogP contribution in [0, 0.1) is 12.3 Å². The zero-order valence-electron chi connectivity index (χ0n) is 19.8. The lowest BCUT2D eigenvalue weighted by atomic mass is 10.1. The third kappa shape index (κ3) is 4.96. The van der Waals surface area contributed by atoms with Crippen molar-refractivity contribution in [1.29, 1.82) is 5.41 Å². The van der Waals surface area contributed by atoms with E-state index in [1.165, 1.54) is 0 Å². The van der Waals surface area contributed by atoms with Crippen molar-refractivity contribution in [2.45, 2.75) is 31.7 Å². The molecule has 12 heteroatoms. The van der Waals surface area contributed by atoms with Crippen LogP contribution in [0.5, 0.6) is 5.88 Å². The maximum atomic E-state index is 13.5. The molecule has 0 bridgehead atoms. The van der Waals surface area contributed by atoms with E-state index in [4.69, 9.17) is 28.6 Å². The van der Waals surface area contributed by atoms with Crippen LogP contribution >= 0.6 is 34.7 Å². The zero-order chi connectivity index (χ0) is 26.3. The van der Waals surface area contributed by atoms with Crippen LogP contribution in [-0.4, -0.2) is 50.7 Å². The molecule has 3 heterocycles. The molecular weight excluding hydrogens is 535 g/mol. The van der Waals surface area contributed by atoms with Crippen molar-refractivity contribution < 1.29 is 14.7 Å². The summed E-state index contributed by atoms with van der Waals surface area (Å²) in [6, 6.07) is 10.6. The number of fused-ring (bicyclic) bond motifs is 1. The van der Waals surface area contributed by atoms with Gasteiger partial charge in [0.15, 0.2) is 0 Å². The van der Waals surface area contributed by atoms with Gasteiger partial charge in [0.2, 0.25) is 11.8 Å². The van der Waals surface area contributed by atoms with Crippen molar-refractivity contribution in [3.05, 3.63) is 63.7 Å². The van der Waals surface area contributed by atoms with E-state index in [-0.39, 0.29) is 35.8 Å². The highest BCUT2D eigenvalue weighted by Crippen LogP contribution is 2.39. The Hall–Kier alpha value is -3.34. The lowest BCUT2D eigenvalue weighted by Crippen LogP contribution is -2.38. The first-order chi connectivity index (χ1) is 17.7. The second-order valence-corrected chi connectivity index (χ2v) is 10.6. The molecule has 2 aliphatic rings. The van der Waals surface area contributed by atoms with Gasteiger partial charge >= 0.3 is 0 Å². The number of benzene rings is 2. The summed E-state index contributed by atoms with van der Waals surface area (Å²) in [6.07, 6.45) is 1.80. The van der Waals surface area contributed by atoms with Gasteiger partial charge in [-0.2, -0.15) is 4.37 Å². The van der Waals surface area contributed by atoms with Crippen LogP contribution in [0.3, 0.4) is 0 Å². The van der Waals surface area contributed by atoms with E-state index in [1.54, 1.807) is 34.1 Å². The number of nitrogens with zero attached hydrogens (tertiary/aromatic N) is 3. The monoisotopic (exact) mass is 558 g/mol. The van der Waals surface area contributed by atoms with E-state index >= 15 is 0 Å². The minimum atomic E-state index is -0.531. The second-order valence-electron chi connectivity index (χ2n) is 8.93. The van der Waals surface area contributed by atoms with E-state index in [0.29, 0.717) is 40.7 Å². The summed E-state index contributed by atoms with van der Waals surface area (Å²) in [5, 5.41) is 25.8. The van der Waals surface area contributed by atoms with E-state index in [2.05, 4.69) is 15.0 Å². The molecule has 2 aromatic carbocycles. The molecule has 4 N–H and O–H groups in total. The predicted molar refractivity (Wildman–Crippen MR) is 146 cm³/mol. The number of carbonyl (C=O) groups excluding carboxylic acids is 2. The van der Waals surface area contributed by atoms with Crippen molar-refractivity contribution in [2.24, 2.45) is 0 Å². The first-order valence-corrected chi connectivity index (χ1v) is 13.2. The van der Waals surface area contributed by atoms with E-state index < -0.39 is 5.50 Å². The summed E-state index contributed by atoms with van der Waals surface area (Å²) in [7, 11) is 0. The number of amides is 2. The summed E-state index contributed by atoms with van der Waals surface area (Å²) in [5.74, 6) is -0.571. The fourth-order valence-corrected chi connectivity index (χ4v) is 5.75. The van der Waals surface area contributed by atoms with E-state index in [1.807, 2.05) is 19.1 Å². The number of halogens is 2. The summed E-state index contributed by atoms with van der Waals surface area (Å²) >= 11 is 13.8. The number of hydrogen-bond acceptors (Lipinski definition) is 7. The van der Waals surface area contributed by atoms with Gasteiger partial charge in [0.25, 0.3) is 5.91 Å². The summed E-state index contributed by atoms with van der Waals surface area (Å²) in [4.78, 5) is 28.5. The average molecular weight is 559 g/mol. The smallest absolute Gasteiger partial charge is 0.259 e. The number of rotatable bonds is 6. The van der Waals surface area contributed by atoms with Crippen LogP contribution in [0.1, 0.15) is 39.9 Å². The minimum absolute atomic E-state index is 0.0332. The zero-order valence-corrected chi connectivity index (χ0v) is 22.2. The van der Waals surface area contributed by atoms with Gasteiger partial charge in [0.05, 0.1) is 6.67 Å². The number of anilines is 3. The fraction of sp³-hybridized carbons (Fsp3) is 0.280. The van der Waals surface area contributed by atoms with Gasteiger partial charge in [0.1, 0.15) is 21.9 Å². The van der Waals surface area contributed by atoms with Crippen LogP contribution in [0.4, 0.5) is 16.4 Å². The standard InChI is InChI=1S/C25H24Cl2N6O3S/c1-13-8-18-15(10-17(13)26)11-19(27)33(18)25(36)14-4-2-5-16(9-14)30-24-21(23(35)31-37-24)22(28)29-12-32-7-3-6-20(32)34/h2,4-5,8-10,19,30H,3,6-7,11-12H2,1H3,(H2,28,29)(H,31,35). The van der Waals surface area contributed by atoms with E-state index in [9.17, 15) is 14.7 Å². The highest BCUT2D eigenvalue weighted by atomic mass is 35.5. The largest absolute Gasteiger partial charge is 0.492 e. The molecule has 5 rings (SSSR count). The van der Waals surface area contributed by atoms with Crippen molar-refractivity contribution in [3.8, 4) is 5.88 Å². The van der Waals surface area contributed by atoms with Gasteiger partial charge in [-0.25, -0.2) is 0 Å². The molecule has 1 saturated heterocycles. The number of hydrogen-bond donors (Lipinski definition) is 4. The van der Waals surface area contributed by atoms with Crippen LogP contribution < -0.4 is 15.5 Å². The molecule has 2 aliphatic heterocycles. The molecule has 0 spiro atoms. The number of aromatic nitrogens is 1. The van der Waals surface area contributed by atoms with Gasteiger partial charge in [-0.05, 0) is 66.3 Å². The van der Waals surface area contributed by atoms with Crippen molar-refractivity contribution in [2.75, 3.05) is 23.4 Å². The Morgan fingerprint density at radius 3 is 2.89 bits per heavy atom. The minimum Gasteiger partial charge on any atom is -0.492 e. The summed E-state index contributed by atoms with van der Waals surface area (Å²) in [5.41, 5.74) is 3.19. The topological polar surface area (TPSA) is 122 Å². The van der Waals surface area contributed by atoms with Crippen molar-refractivity contribution >= 4 is 68.8 Å². The molecule has 9 nitrogen and oxygen atoms in total. The second kappa shape index (κ2) is 10.2. The SMILES string of the molecule is Cc1cc2c(cc1Cl)CC(Cl)N2C(=O)c1cccc(Nc2snc(O)c2C(=N)NCN2CCCC2=O)c1. The van der Waals surface area contributed by atoms with Gasteiger partial charge in [-0.1, -0.05) is 29.3 Å². The summed E-state index contributed by atoms with van der Waals surface area (Å²) in [6.45, 7) is 2.70. The molecular formula is C25H24Cl2N6O3S. The van der Waals surface area contributed by atoms with Gasteiger partial charge < -0.3 is 20.6 Å². The van der Waals surface area contributed by atoms with Gasteiger partial charge in [-0.3, -0.25) is 19.9 Å². The van der Waals surface area contributed by atoms with Gasteiger partial charge in [-0.15, -0.1) is 0 Å². The lowest BCUT2D eigenvalue weighted by Gasteiger charge is -2.22. The Balaban J connectivity index is 1.34. The molecule has 37 heavy (non-hydrogen) atoms. The molecule has 0 radical (unpaired) electrons. The Morgan fingerprint density at radius 2 is 2.14 bits per heavy atom. The van der Waals surface area contributed by atoms with Gasteiger partial charge in [0, 0.05) is 41.3 Å². The molecule has 1 unspecified atom stereocenters. The quantitative estimate of drug-likeness (QED) is 0.149. The predicted octanol–water partition coefficient (Wildman–Crippen LogP) is 4.82. The molecule has 1 fully saturated rings. The molecule has 1 aromatic heterocycles. The molecule has 3 aromatic rings. The van der Waals surface area contributed by atoms with Crippen LogP contribution in [-0.2, 0) is 11.2 Å².